The second kappa shape index (κ2) is 10.4. The molecule has 0 bridgehead atoms. The number of nitrogens with zero attached hydrogens (tertiary/aromatic N) is 4. The fourth-order valence-electron chi connectivity index (χ4n) is 2.67. The lowest BCUT2D eigenvalue weighted by molar-refractivity contribution is -0.118. The number of thioether (sulfide) groups is 1. The zero-order chi connectivity index (χ0) is 21.5. The highest BCUT2D eigenvalue weighted by Crippen LogP contribution is 2.26. The van der Waals surface area contributed by atoms with Crippen molar-refractivity contribution in [1.29, 1.82) is 0 Å². The van der Waals surface area contributed by atoms with Gasteiger partial charge in [0, 0.05) is 16.6 Å². The van der Waals surface area contributed by atoms with Crippen molar-refractivity contribution < 1.29 is 4.79 Å². The molecule has 0 saturated carbocycles. The number of rotatable bonds is 8. The standard InChI is InChI=1S/C22H22BrN5OS/c1-15(2)13-28-21(18-9-11-19(23)12-10-18)26-27-22(28)30-14-20(29)25-24-16(3)17-7-5-4-6-8-17/h4-12H,1,13-14H2,2-3H3,(H,25,29)/b24-16+. The Kier molecular flexibility index (Phi) is 7.59. The van der Waals surface area contributed by atoms with Crippen LogP contribution in [0.25, 0.3) is 11.4 Å². The molecule has 1 heterocycles. The summed E-state index contributed by atoms with van der Waals surface area (Å²) in [4.78, 5) is 12.3. The van der Waals surface area contributed by atoms with Crippen LogP contribution in [0.4, 0.5) is 0 Å². The molecule has 8 heteroatoms. The van der Waals surface area contributed by atoms with Crippen LogP contribution in [-0.2, 0) is 11.3 Å². The molecule has 0 radical (unpaired) electrons. The van der Waals surface area contributed by atoms with Gasteiger partial charge < -0.3 is 0 Å². The molecule has 0 fully saturated rings. The molecule has 1 N–H and O–H groups in total. The largest absolute Gasteiger partial charge is 0.298 e. The summed E-state index contributed by atoms with van der Waals surface area (Å²) in [6.45, 7) is 8.39. The van der Waals surface area contributed by atoms with Crippen molar-refractivity contribution in [3.63, 3.8) is 0 Å². The summed E-state index contributed by atoms with van der Waals surface area (Å²) in [5.74, 6) is 0.719. The van der Waals surface area contributed by atoms with E-state index in [4.69, 9.17) is 0 Å². The van der Waals surface area contributed by atoms with Gasteiger partial charge in [-0.15, -0.1) is 10.2 Å². The number of hydrazone groups is 1. The third kappa shape index (κ3) is 5.90. The number of halogens is 1. The van der Waals surface area contributed by atoms with E-state index in [2.05, 4.69) is 43.2 Å². The molecule has 0 aliphatic rings. The van der Waals surface area contributed by atoms with E-state index in [0.29, 0.717) is 11.7 Å². The van der Waals surface area contributed by atoms with E-state index < -0.39 is 0 Å². The quantitative estimate of drug-likeness (QED) is 0.213. The minimum absolute atomic E-state index is 0.181. The highest BCUT2D eigenvalue weighted by Gasteiger charge is 2.16. The summed E-state index contributed by atoms with van der Waals surface area (Å²) in [5, 5.41) is 13.5. The van der Waals surface area contributed by atoms with Gasteiger partial charge in [-0.25, -0.2) is 5.43 Å². The van der Waals surface area contributed by atoms with E-state index >= 15 is 0 Å². The molecule has 154 valence electrons. The van der Waals surface area contributed by atoms with Gasteiger partial charge in [0.25, 0.3) is 5.91 Å². The van der Waals surface area contributed by atoms with Crippen molar-refractivity contribution in [3.05, 3.63) is 76.8 Å². The third-order valence-electron chi connectivity index (χ3n) is 4.12. The van der Waals surface area contributed by atoms with Crippen molar-refractivity contribution in [2.24, 2.45) is 5.10 Å². The molecule has 30 heavy (non-hydrogen) atoms. The Morgan fingerprint density at radius 2 is 1.83 bits per heavy atom. The van der Waals surface area contributed by atoms with E-state index in [-0.39, 0.29) is 11.7 Å². The zero-order valence-electron chi connectivity index (χ0n) is 16.8. The lowest BCUT2D eigenvalue weighted by Crippen LogP contribution is -2.21. The summed E-state index contributed by atoms with van der Waals surface area (Å²) < 4.78 is 2.97. The molecule has 0 unspecified atom stereocenters. The van der Waals surface area contributed by atoms with E-state index in [1.54, 1.807) is 0 Å². The number of hydrogen-bond acceptors (Lipinski definition) is 5. The number of amides is 1. The Bertz CT molecular complexity index is 1060. The highest BCUT2D eigenvalue weighted by molar-refractivity contribution is 9.10. The Hall–Kier alpha value is -2.71. The van der Waals surface area contributed by atoms with Gasteiger partial charge in [-0.05, 0) is 31.5 Å². The monoisotopic (exact) mass is 483 g/mol. The second-order valence-corrected chi connectivity index (χ2v) is 8.60. The molecule has 0 saturated heterocycles. The van der Waals surface area contributed by atoms with E-state index in [0.717, 1.165) is 32.7 Å². The molecule has 3 aromatic rings. The summed E-state index contributed by atoms with van der Waals surface area (Å²) in [7, 11) is 0. The SMILES string of the molecule is C=C(C)Cn1c(SCC(=O)N/N=C(\C)c2ccccc2)nnc1-c1ccc(Br)cc1. The molecule has 1 aromatic heterocycles. The third-order valence-corrected chi connectivity index (χ3v) is 5.61. The van der Waals surface area contributed by atoms with Gasteiger partial charge in [-0.2, -0.15) is 5.10 Å². The summed E-state index contributed by atoms with van der Waals surface area (Å²) >= 11 is 4.77. The molecule has 0 atom stereocenters. The minimum Gasteiger partial charge on any atom is -0.298 e. The van der Waals surface area contributed by atoms with Gasteiger partial charge in [0.15, 0.2) is 11.0 Å². The van der Waals surface area contributed by atoms with Crippen LogP contribution in [0.5, 0.6) is 0 Å². The fourth-order valence-corrected chi connectivity index (χ4v) is 3.67. The van der Waals surface area contributed by atoms with Crippen LogP contribution < -0.4 is 5.43 Å². The van der Waals surface area contributed by atoms with Gasteiger partial charge in [0.1, 0.15) is 0 Å². The lowest BCUT2D eigenvalue weighted by atomic mass is 10.1. The zero-order valence-corrected chi connectivity index (χ0v) is 19.2. The summed E-state index contributed by atoms with van der Waals surface area (Å²) in [5.41, 5.74) is 6.24. The molecule has 0 aliphatic carbocycles. The molecule has 0 aliphatic heterocycles. The molecule has 3 rings (SSSR count). The van der Waals surface area contributed by atoms with Crippen LogP contribution in [0.3, 0.4) is 0 Å². The Balaban J connectivity index is 1.69. The number of nitrogens with one attached hydrogen (secondary N) is 1. The van der Waals surface area contributed by atoms with Crippen molar-refractivity contribution in [2.75, 3.05) is 5.75 Å². The van der Waals surface area contributed by atoms with Gasteiger partial charge in [-0.3, -0.25) is 9.36 Å². The molecule has 0 spiro atoms. The number of benzene rings is 2. The maximum Gasteiger partial charge on any atom is 0.250 e. The highest BCUT2D eigenvalue weighted by atomic mass is 79.9. The average molecular weight is 484 g/mol. The molecule has 1 amide bonds. The maximum absolute atomic E-state index is 12.3. The van der Waals surface area contributed by atoms with E-state index in [1.807, 2.05) is 73.0 Å². The van der Waals surface area contributed by atoms with Crippen LogP contribution in [0.1, 0.15) is 19.4 Å². The maximum atomic E-state index is 12.3. The second-order valence-electron chi connectivity index (χ2n) is 6.74. The first-order chi connectivity index (χ1) is 14.4. The van der Waals surface area contributed by atoms with Crippen LogP contribution in [-0.4, -0.2) is 32.1 Å². The summed E-state index contributed by atoms with van der Waals surface area (Å²) in [6.07, 6.45) is 0. The smallest absolute Gasteiger partial charge is 0.250 e. The number of aromatic nitrogens is 3. The van der Waals surface area contributed by atoms with Crippen molar-refractivity contribution in [1.82, 2.24) is 20.2 Å². The first kappa shape index (κ1) is 22.0. The Morgan fingerprint density at radius 3 is 2.50 bits per heavy atom. The fraction of sp³-hybridized carbons (Fsp3) is 0.182. The number of hydrogen-bond donors (Lipinski definition) is 1. The van der Waals surface area contributed by atoms with Crippen molar-refractivity contribution >= 4 is 39.3 Å². The van der Waals surface area contributed by atoms with Crippen LogP contribution in [0, 0.1) is 0 Å². The predicted molar refractivity (Wildman–Crippen MR) is 125 cm³/mol. The summed E-state index contributed by atoms with van der Waals surface area (Å²) in [6, 6.07) is 17.6. The van der Waals surface area contributed by atoms with E-state index in [1.165, 1.54) is 11.8 Å². The topological polar surface area (TPSA) is 72.2 Å². The van der Waals surface area contributed by atoms with Crippen molar-refractivity contribution in [3.8, 4) is 11.4 Å². The first-order valence-electron chi connectivity index (χ1n) is 9.29. The number of carbonyl (C=O) groups excluding carboxylic acids is 1. The molecular weight excluding hydrogens is 462 g/mol. The van der Waals surface area contributed by atoms with Crippen LogP contribution >= 0.6 is 27.7 Å². The Labute approximate surface area is 188 Å². The average Bonchev–Trinajstić information content (AvgIpc) is 3.13. The normalized spacial score (nSPS) is 11.4. The van der Waals surface area contributed by atoms with Gasteiger partial charge in [0.05, 0.1) is 11.5 Å². The lowest BCUT2D eigenvalue weighted by Gasteiger charge is -2.10. The first-order valence-corrected chi connectivity index (χ1v) is 11.1. The van der Waals surface area contributed by atoms with Crippen LogP contribution in [0.2, 0.25) is 0 Å². The number of carbonyl (C=O) groups is 1. The van der Waals surface area contributed by atoms with Crippen LogP contribution in [0.15, 0.2) is 81.5 Å². The molecular formula is C22H22BrN5OS. The van der Waals surface area contributed by atoms with E-state index in [9.17, 15) is 4.79 Å². The van der Waals surface area contributed by atoms with Crippen molar-refractivity contribution in [2.45, 2.75) is 25.5 Å². The minimum atomic E-state index is -0.203. The van der Waals surface area contributed by atoms with Gasteiger partial charge in [-0.1, -0.05) is 82.3 Å². The van der Waals surface area contributed by atoms with Gasteiger partial charge in [0.2, 0.25) is 0 Å². The predicted octanol–water partition coefficient (Wildman–Crippen LogP) is 4.92. The molecule has 2 aromatic carbocycles. The number of allylic oxidation sites excluding steroid dienone is 1. The Morgan fingerprint density at radius 1 is 1.13 bits per heavy atom. The molecule has 6 nitrogen and oxygen atoms in total. The van der Waals surface area contributed by atoms with Gasteiger partial charge >= 0.3 is 0 Å².